The van der Waals surface area contributed by atoms with E-state index in [1.165, 1.54) is 0 Å². The highest BCUT2D eigenvalue weighted by Gasteiger charge is 2.16. The number of benzene rings is 2. The van der Waals surface area contributed by atoms with Gasteiger partial charge >= 0.3 is 0 Å². The predicted octanol–water partition coefficient (Wildman–Crippen LogP) is 3.33. The number of nitrogens with one attached hydrogen (secondary N) is 1. The van der Waals surface area contributed by atoms with Crippen molar-refractivity contribution in [1.82, 2.24) is 10.2 Å². The van der Waals surface area contributed by atoms with Crippen LogP contribution in [0.3, 0.4) is 0 Å². The Morgan fingerprint density at radius 2 is 1.85 bits per heavy atom. The zero-order chi connectivity index (χ0) is 18.9. The Labute approximate surface area is 167 Å². The van der Waals surface area contributed by atoms with Gasteiger partial charge in [0, 0.05) is 16.7 Å². The minimum Gasteiger partial charge on any atom is -0.343 e. The molecule has 2 aromatic carbocycles. The summed E-state index contributed by atoms with van der Waals surface area (Å²) in [5, 5.41) is 11.6. The van der Waals surface area contributed by atoms with Gasteiger partial charge in [0.15, 0.2) is 0 Å². The highest BCUT2D eigenvalue weighted by atomic mass is 127. The number of carbonyl (C=O) groups is 2. The van der Waals surface area contributed by atoms with Crippen molar-refractivity contribution in [2.24, 2.45) is 0 Å². The highest BCUT2D eigenvalue weighted by Crippen LogP contribution is 2.11. The summed E-state index contributed by atoms with van der Waals surface area (Å²) in [5.41, 5.74) is 2.11. The van der Waals surface area contributed by atoms with Gasteiger partial charge in [-0.3, -0.25) is 9.59 Å². The second-order valence-electron chi connectivity index (χ2n) is 5.79. The van der Waals surface area contributed by atoms with E-state index in [1.54, 1.807) is 29.2 Å². The molecular weight excluding hydrogens is 441 g/mol. The molecule has 1 N–H and O–H groups in total. The normalized spacial score (nSPS) is 10.0. The van der Waals surface area contributed by atoms with Crippen LogP contribution in [0, 0.1) is 14.9 Å². The molecule has 0 bridgehead atoms. The molecule has 0 aliphatic heterocycles. The Morgan fingerprint density at radius 1 is 1.15 bits per heavy atom. The van der Waals surface area contributed by atoms with Gasteiger partial charge in [-0.05, 0) is 58.8 Å². The van der Waals surface area contributed by atoms with Crippen molar-refractivity contribution >= 4 is 34.4 Å². The van der Waals surface area contributed by atoms with Crippen molar-refractivity contribution in [3.8, 4) is 6.07 Å². The maximum absolute atomic E-state index is 12.5. The fraction of sp³-hybridized carbons (Fsp3) is 0.250. The second-order valence-corrected chi connectivity index (χ2v) is 6.95. The molecule has 2 rings (SSSR count). The molecule has 0 aliphatic carbocycles. The molecule has 6 heteroatoms. The molecular formula is C20H20IN3O2. The molecule has 0 atom stereocenters. The molecule has 0 saturated carbocycles. The Morgan fingerprint density at radius 3 is 2.46 bits per heavy atom. The van der Waals surface area contributed by atoms with Crippen molar-refractivity contribution in [3.63, 3.8) is 0 Å². The molecule has 0 saturated heterocycles. The molecule has 134 valence electrons. The first-order valence-electron chi connectivity index (χ1n) is 8.34. The van der Waals surface area contributed by atoms with E-state index < -0.39 is 0 Å². The lowest BCUT2D eigenvalue weighted by Crippen LogP contribution is -2.40. The fourth-order valence-corrected chi connectivity index (χ4v) is 3.11. The number of halogens is 1. The monoisotopic (exact) mass is 461 g/mol. The number of rotatable bonds is 7. The molecule has 0 radical (unpaired) electrons. The van der Waals surface area contributed by atoms with Crippen molar-refractivity contribution in [3.05, 3.63) is 68.8 Å². The summed E-state index contributed by atoms with van der Waals surface area (Å²) in [5.74, 6) is -0.381. The summed E-state index contributed by atoms with van der Waals surface area (Å²) in [6, 6.07) is 16.5. The van der Waals surface area contributed by atoms with Gasteiger partial charge in [-0.1, -0.05) is 31.2 Å². The number of nitrogens with zero attached hydrogens (tertiary/aromatic N) is 2. The maximum Gasteiger partial charge on any atom is 0.252 e. The summed E-state index contributed by atoms with van der Waals surface area (Å²) >= 11 is 2.10. The van der Waals surface area contributed by atoms with E-state index in [0.717, 1.165) is 15.6 Å². The average molecular weight is 461 g/mol. The van der Waals surface area contributed by atoms with E-state index in [4.69, 9.17) is 5.26 Å². The summed E-state index contributed by atoms with van der Waals surface area (Å²) in [6.07, 6.45) is 0.826. The van der Waals surface area contributed by atoms with Crippen LogP contribution >= 0.6 is 22.6 Å². The van der Waals surface area contributed by atoms with E-state index in [0.29, 0.717) is 24.2 Å². The first kappa shape index (κ1) is 19.9. The van der Waals surface area contributed by atoms with Gasteiger partial charge in [-0.25, -0.2) is 0 Å². The molecule has 2 aromatic rings. The third-order valence-electron chi connectivity index (χ3n) is 3.82. The third kappa shape index (κ3) is 5.56. The van der Waals surface area contributed by atoms with Gasteiger partial charge in [0.2, 0.25) is 5.91 Å². The Kier molecular flexibility index (Phi) is 7.60. The first-order valence-corrected chi connectivity index (χ1v) is 9.42. The standard InChI is InChI=1S/C20H20IN3O2/c1-2-11-24(14-16-9-7-15(12-22)8-10-16)19(25)13-23-20(26)17-5-3-4-6-18(17)21/h3-10H,2,11,13-14H2,1H3,(H,23,26). The summed E-state index contributed by atoms with van der Waals surface area (Å²) in [6.45, 7) is 3.03. The minimum absolute atomic E-state index is 0.0416. The topological polar surface area (TPSA) is 73.2 Å². The average Bonchev–Trinajstić information content (AvgIpc) is 2.66. The van der Waals surface area contributed by atoms with Crippen LogP contribution in [-0.4, -0.2) is 29.8 Å². The highest BCUT2D eigenvalue weighted by molar-refractivity contribution is 14.1. The lowest BCUT2D eigenvalue weighted by Gasteiger charge is -2.22. The lowest BCUT2D eigenvalue weighted by molar-refractivity contribution is -0.130. The summed E-state index contributed by atoms with van der Waals surface area (Å²) in [4.78, 5) is 26.5. The number of amides is 2. The van der Waals surface area contributed by atoms with E-state index in [9.17, 15) is 9.59 Å². The van der Waals surface area contributed by atoms with E-state index in [2.05, 4.69) is 34.0 Å². The molecule has 0 unspecified atom stereocenters. The Hall–Kier alpha value is -2.40. The molecule has 0 spiro atoms. The maximum atomic E-state index is 12.5. The largest absolute Gasteiger partial charge is 0.343 e. The minimum atomic E-state index is -0.252. The molecule has 2 amide bonds. The van der Waals surface area contributed by atoms with Crippen LogP contribution in [0.15, 0.2) is 48.5 Å². The molecule has 0 heterocycles. The fourth-order valence-electron chi connectivity index (χ4n) is 2.48. The quantitative estimate of drug-likeness (QED) is 0.643. The molecule has 5 nitrogen and oxygen atoms in total. The van der Waals surface area contributed by atoms with Crippen LogP contribution in [0.25, 0.3) is 0 Å². The van der Waals surface area contributed by atoms with Crippen LogP contribution in [0.5, 0.6) is 0 Å². The van der Waals surface area contributed by atoms with Gasteiger partial charge in [-0.2, -0.15) is 5.26 Å². The second kappa shape index (κ2) is 9.92. The third-order valence-corrected chi connectivity index (χ3v) is 4.76. The van der Waals surface area contributed by atoms with Gasteiger partial charge in [0.05, 0.1) is 23.7 Å². The lowest BCUT2D eigenvalue weighted by atomic mass is 10.1. The summed E-state index contributed by atoms with van der Waals surface area (Å²) < 4.78 is 0.845. The SMILES string of the molecule is CCCN(Cc1ccc(C#N)cc1)C(=O)CNC(=O)c1ccccc1I. The zero-order valence-electron chi connectivity index (χ0n) is 14.5. The molecule has 26 heavy (non-hydrogen) atoms. The van der Waals surface area contributed by atoms with Crippen LogP contribution in [0.2, 0.25) is 0 Å². The molecule has 0 aromatic heterocycles. The van der Waals surface area contributed by atoms with Crippen LogP contribution in [0.4, 0.5) is 0 Å². The Bertz CT molecular complexity index is 813. The summed E-state index contributed by atoms with van der Waals surface area (Å²) in [7, 11) is 0. The van der Waals surface area contributed by atoms with Crippen molar-refractivity contribution in [2.75, 3.05) is 13.1 Å². The van der Waals surface area contributed by atoms with Crippen LogP contribution < -0.4 is 5.32 Å². The van der Waals surface area contributed by atoms with Gasteiger partial charge < -0.3 is 10.2 Å². The van der Waals surface area contributed by atoms with E-state index >= 15 is 0 Å². The van der Waals surface area contributed by atoms with E-state index in [1.807, 2.05) is 31.2 Å². The zero-order valence-corrected chi connectivity index (χ0v) is 16.7. The number of hydrogen-bond acceptors (Lipinski definition) is 3. The van der Waals surface area contributed by atoms with Crippen LogP contribution in [0.1, 0.15) is 34.8 Å². The Balaban J connectivity index is 1.98. The van der Waals surface area contributed by atoms with Gasteiger partial charge in [0.1, 0.15) is 0 Å². The van der Waals surface area contributed by atoms with E-state index in [-0.39, 0.29) is 18.4 Å². The van der Waals surface area contributed by atoms with Crippen molar-refractivity contribution < 1.29 is 9.59 Å². The number of hydrogen-bond donors (Lipinski definition) is 1. The van der Waals surface area contributed by atoms with Gasteiger partial charge in [0.25, 0.3) is 5.91 Å². The van der Waals surface area contributed by atoms with Crippen LogP contribution in [-0.2, 0) is 11.3 Å². The number of nitriles is 1. The molecule has 0 fully saturated rings. The predicted molar refractivity (Wildman–Crippen MR) is 108 cm³/mol. The van der Waals surface area contributed by atoms with Gasteiger partial charge in [-0.15, -0.1) is 0 Å². The van der Waals surface area contributed by atoms with Crippen molar-refractivity contribution in [1.29, 1.82) is 5.26 Å². The molecule has 0 aliphatic rings. The smallest absolute Gasteiger partial charge is 0.252 e. The first-order chi connectivity index (χ1) is 12.5. The van der Waals surface area contributed by atoms with Crippen molar-refractivity contribution in [2.45, 2.75) is 19.9 Å². The number of carbonyl (C=O) groups excluding carboxylic acids is 2.